The Bertz CT molecular complexity index is 2400. The van der Waals surface area contributed by atoms with Crippen LogP contribution in [0.2, 0.25) is 0 Å². The summed E-state index contributed by atoms with van der Waals surface area (Å²) in [7, 11) is 0. The van der Waals surface area contributed by atoms with Gasteiger partial charge in [0, 0.05) is 38.5 Å². The Labute approximate surface area is 297 Å². The van der Waals surface area contributed by atoms with Crippen molar-refractivity contribution in [3.05, 3.63) is 170 Å². The van der Waals surface area contributed by atoms with Crippen LogP contribution in [0, 0.1) is 12.1 Å². The molecule has 1 aliphatic heterocycles. The van der Waals surface area contributed by atoms with Crippen LogP contribution in [-0.2, 0) is 21.1 Å². The van der Waals surface area contributed by atoms with Crippen molar-refractivity contribution in [1.29, 1.82) is 0 Å². The Morgan fingerprint density at radius 1 is 0.562 bits per heavy atom. The average molecular weight is 819 g/mol. The van der Waals surface area contributed by atoms with E-state index in [0.29, 0.717) is 0 Å². The van der Waals surface area contributed by atoms with Crippen LogP contribution in [0.4, 0.5) is 22.7 Å². The van der Waals surface area contributed by atoms with Crippen molar-refractivity contribution in [3.63, 3.8) is 0 Å². The number of rotatable bonds is 6. The number of hydrogen-bond acceptors (Lipinski definition) is 4. The molecule has 5 nitrogen and oxygen atoms in total. The number of hydrogen-bond donors (Lipinski definition) is 0. The molecule has 234 valence electrons. The van der Waals surface area contributed by atoms with E-state index in [1.54, 1.807) is 11.8 Å². The zero-order valence-electron chi connectivity index (χ0n) is 25.5. The van der Waals surface area contributed by atoms with Gasteiger partial charge < -0.3 is 4.57 Å². The third-order valence-corrected chi connectivity index (χ3v) is 9.27. The molecule has 7 heteroatoms. The van der Waals surface area contributed by atoms with Gasteiger partial charge in [0.2, 0.25) is 0 Å². The maximum absolute atomic E-state index is 4.99. The van der Waals surface area contributed by atoms with Gasteiger partial charge in [0.25, 0.3) is 0 Å². The van der Waals surface area contributed by atoms with E-state index in [2.05, 4.69) is 132 Å². The van der Waals surface area contributed by atoms with Crippen molar-refractivity contribution in [2.45, 2.75) is 9.79 Å². The minimum Gasteiger partial charge on any atom is -0.319 e. The van der Waals surface area contributed by atoms with Crippen molar-refractivity contribution in [2.75, 3.05) is 10.1 Å². The van der Waals surface area contributed by atoms with Gasteiger partial charge in [0.05, 0.1) is 0 Å². The third kappa shape index (κ3) is 5.38. The van der Waals surface area contributed by atoms with Gasteiger partial charge in [-0.3, -0.25) is 0 Å². The molecule has 0 saturated heterocycles. The molecule has 0 unspecified atom stereocenters. The van der Waals surface area contributed by atoms with Crippen LogP contribution in [0.5, 0.6) is 0 Å². The summed E-state index contributed by atoms with van der Waals surface area (Å²) in [4.78, 5) is 11.8. The van der Waals surface area contributed by atoms with Gasteiger partial charge in [-0.1, -0.05) is 89.4 Å². The summed E-state index contributed by atoms with van der Waals surface area (Å²) in [6.07, 6.45) is 1.89. The van der Waals surface area contributed by atoms with Crippen molar-refractivity contribution < 1.29 is 26.0 Å². The molecule has 0 atom stereocenters. The van der Waals surface area contributed by atoms with Gasteiger partial charge in [-0.2, -0.15) is 29.2 Å². The molecule has 0 amide bonds. The standard InChI is InChI=1S/C41H26N4OS.Pt/c1-3-12-29(13-4-1)30-24-25-42-41(26-30)43-37-19-8-7-18-35(37)36-23-22-34(28-40(36)43)47-33-17-11-16-32(27-33)45-39-21-10-9-20-38(39)44(46-45)31-14-5-2-6-15-31;/h1-26H;/q-2;/p+1. The minimum atomic E-state index is 0. The first-order valence-corrected chi connectivity index (χ1v) is 16.3. The first-order chi connectivity index (χ1) is 23.3. The Balaban J connectivity index is 0.00000336. The number of para-hydroxylation sites is 4. The number of fused-ring (bicyclic) bond motifs is 4. The summed E-state index contributed by atoms with van der Waals surface area (Å²) in [5.41, 5.74) is 8.30. The molecule has 2 aromatic heterocycles. The van der Waals surface area contributed by atoms with E-state index in [0.717, 1.165) is 65.9 Å². The second kappa shape index (κ2) is 12.8. The van der Waals surface area contributed by atoms with E-state index in [9.17, 15) is 0 Å². The van der Waals surface area contributed by atoms with E-state index < -0.39 is 0 Å². The number of nitrogens with zero attached hydrogens (tertiary/aromatic N) is 4. The van der Waals surface area contributed by atoms with Crippen molar-refractivity contribution in [3.8, 4) is 16.9 Å². The number of aromatic nitrogens is 2. The van der Waals surface area contributed by atoms with E-state index in [-0.39, 0.29) is 21.1 Å². The first kappa shape index (κ1) is 30.2. The molecule has 0 radical (unpaired) electrons. The Kier molecular flexibility index (Phi) is 8.07. The fourth-order valence-electron chi connectivity index (χ4n) is 6.21. The van der Waals surface area contributed by atoms with Gasteiger partial charge in [-0.15, -0.1) is 50.2 Å². The first-order valence-electron chi connectivity index (χ1n) is 15.4. The molecule has 0 fully saturated rings. The number of benzene rings is 6. The predicted octanol–water partition coefficient (Wildman–Crippen LogP) is 10.7. The monoisotopic (exact) mass is 818 g/mol. The SMILES string of the molecule is [Pt].[c-]1c(Sc2[c-]c3c(cc2)c2ccccc2n3-c2cc(-c3ccccc3)ccn2)cccc1N1[OH+]N(c2ccccc2)c2ccccc21. The molecule has 8 aromatic rings. The molecule has 9 rings (SSSR count). The molecule has 1 N–H and O–H groups in total. The molecule has 3 heterocycles. The molecule has 1 aliphatic rings. The van der Waals surface area contributed by atoms with Gasteiger partial charge in [-0.25, -0.2) is 4.98 Å². The van der Waals surface area contributed by atoms with E-state index in [4.69, 9.17) is 9.92 Å². The normalized spacial score (nSPS) is 12.3. The van der Waals surface area contributed by atoms with Crippen molar-refractivity contribution >= 4 is 56.3 Å². The molecule has 0 bridgehead atoms. The fraction of sp³-hybridized carbons (Fsp3) is 0. The molecule has 6 aromatic carbocycles. The van der Waals surface area contributed by atoms with Crippen LogP contribution in [-0.4, -0.2) is 14.5 Å². The van der Waals surface area contributed by atoms with E-state index >= 15 is 0 Å². The van der Waals surface area contributed by atoms with Gasteiger partial charge in [0.1, 0.15) is 22.9 Å². The summed E-state index contributed by atoms with van der Waals surface area (Å²) in [5, 5.41) is 6.25. The quantitative estimate of drug-likeness (QED) is 0.124. The van der Waals surface area contributed by atoms with Gasteiger partial charge >= 0.3 is 0 Å². The Morgan fingerprint density at radius 3 is 2.10 bits per heavy atom. The smallest absolute Gasteiger partial charge is 0.148 e. The van der Waals surface area contributed by atoms with Crippen LogP contribution < -0.4 is 10.1 Å². The molecule has 0 saturated carbocycles. The molecule has 0 spiro atoms. The molecular formula is C41H27N4OPtS-. The van der Waals surface area contributed by atoms with E-state index in [1.165, 1.54) is 5.39 Å². The Morgan fingerprint density at radius 2 is 1.27 bits per heavy atom. The molecular weight excluding hydrogens is 792 g/mol. The van der Waals surface area contributed by atoms with Crippen LogP contribution in [0.25, 0.3) is 38.8 Å². The van der Waals surface area contributed by atoms with Crippen LogP contribution in [0.3, 0.4) is 0 Å². The van der Waals surface area contributed by atoms with Crippen molar-refractivity contribution in [1.82, 2.24) is 9.55 Å². The summed E-state index contributed by atoms with van der Waals surface area (Å²) < 4.78 is 2.22. The largest absolute Gasteiger partial charge is 0.319 e. The zero-order valence-corrected chi connectivity index (χ0v) is 28.6. The van der Waals surface area contributed by atoms with Gasteiger partial charge in [-0.05, 0) is 59.0 Å². The summed E-state index contributed by atoms with van der Waals surface area (Å²) >= 11 is 1.64. The average Bonchev–Trinajstić information content (AvgIpc) is 3.69. The van der Waals surface area contributed by atoms with E-state index in [1.807, 2.05) is 52.7 Å². The molecule has 48 heavy (non-hydrogen) atoms. The summed E-state index contributed by atoms with van der Waals surface area (Å²) in [6.45, 7) is 0. The fourth-order valence-corrected chi connectivity index (χ4v) is 7.03. The van der Waals surface area contributed by atoms with Gasteiger partial charge in [0.15, 0.2) is 0 Å². The molecule has 0 aliphatic carbocycles. The number of anilines is 4. The zero-order chi connectivity index (χ0) is 31.2. The number of pyridine rings is 1. The maximum Gasteiger partial charge on any atom is 0.148 e. The van der Waals surface area contributed by atoms with Crippen LogP contribution in [0.1, 0.15) is 0 Å². The minimum absolute atomic E-state index is 0. The van der Waals surface area contributed by atoms with Crippen LogP contribution >= 0.6 is 11.8 Å². The second-order valence-corrected chi connectivity index (χ2v) is 12.3. The Hall–Kier alpha value is -5.13. The topological polar surface area (TPSA) is 37.1 Å². The third-order valence-electron chi connectivity index (χ3n) is 8.36. The maximum atomic E-state index is 4.99. The van der Waals surface area contributed by atoms with Crippen molar-refractivity contribution in [2.24, 2.45) is 0 Å². The summed E-state index contributed by atoms with van der Waals surface area (Å²) in [5.74, 6) is 0.863. The summed E-state index contributed by atoms with van der Waals surface area (Å²) in [6, 6.07) is 59.5. The predicted molar refractivity (Wildman–Crippen MR) is 191 cm³/mol. The second-order valence-electron chi connectivity index (χ2n) is 11.2. The van der Waals surface area contributed by atoms with Crippen LogP contribution in [0.15, 0.2) is 168 Å².